The highest BCUT2D eigenvalue weighted by Crippen LogP contribution is 2.32. The molecule has 0 aromatic heterocycles. The highest BCUT2D eigenvalue weighted by atomic mass is 79.9. The largest absolute Gasteiger partial charge is 0.479 e. The average Bonchev–Trinajstić information content (AvgIpc) is 2.04. The van der Waals surface area contributed by atoms with E-state index in [4.69, 9.17) is 11.2 Å². The third-order valence-electron chi connectivity index (χ3n) is 1.22. The molecule has 0 fully saturated rings. The van der Waals surface area contributed by atoms with Crippen LogP contribution in [0.25, 0.3) is 0 Å². The second kappa shape index (κ2) is 4.54. The Kier molecular flexibility index (Phi) is 3.64. The first-order valence-corrected chi connectivity index (χ1v) is 4.84. The van der Waals surface area contributed by atoms with Crippen LogP contribution in [0.2, 0.25) is 0 Å². The van der Waals surface area contributed by atoms with Crippen molar-refractivity contribution in [2.75, 3.05) is 6.61 Å². The molecule has 62 valence electrons. The van der Waals surface area contributed by atoms with E-state index < -0.39 is 0 Å². The lowest BCUT2D eigenvalue weighted by Crippen LogP contribution is -1.94. The van der Waals surface area contributed by atoms with Gasteiger partial charge in [0.05, 0.1) is 8.95 Å². The Labute approximate surface area is 88.4 Å². The molecule has 3 heteroatoms. The Morgan fingerprint density at radius 3 is 2.42 bits per heavy atom. The molecule has 0 radical (unpaired) electrons. The maximum absolute atomic E-state index is 5.29. The van der Waals surface area contributed by atoms with Gasteiger partial charge in [-0.3, -0.25) is 0 Å². The van der Waals surface area contributed by atoms with Crippen LogP contribution in [0.1, 0.15) is 0 Å². The van der Waals surface area contributed by atoms with Crippen molar-refractivity contribution >= 4 is 31.9 Å². The van der Waals surface area contributed by atoms with E-state index in [-0.39, 0.29) is 6.61 Å². The van der Waals surface area contributed by atoms with Gasteiger partial charge in [0.25, 0.3) is 0 Å². The minimum atomic E-state index is 0.279. The molecule has 0 aliphatic heterocycles. The predicted molar refractivity (Wildman–Crippen MR) is 56.2 cm³/mol. The number of para-hydroxylation sites is 1. The van der Waals surface area contributed by atoms with E-state index in [1.165, 1.54) is 0 Å². The summed E-state index contributed by atoms with van der Waals surface area (Å²) in [7, 11) is 0. The molecule has 1 aromatic rings. The standard InChI is InChI=1S/C9H6Br2O/c1-2-6-12-9-7(10)4-3-5-8(9)11/h1,3-5H,6H2. The summed E-state index contributed by atoms with van der Waals surface area (Å²) in [4.78, 5) is 0. The van der Waals surface area contributed by atoms with Gasteiger partial charge < -0.3 is 4.74 Å². The summed E-state index contributed by atoms with van der Waals surface area (Å²) in [6.07, 6.45) is 5.07. The van der Waals surface area contributed by atoms with Crippen LogP contribution in [-0.4, -0.2) is 6.61 Å². The van der Waals surface area contributed by atoms with Crippen LogP contribution in [0.3, 0.4) is 0 Å². The van der Waals surface area contributed by atoms with Crippen molar-refractivity contribution in [2.45, 2.75) is 0 Å². The third-order valence-corrected chi connectivity index (χ3v) is 2.47. The van der Waals surface area contributed by atoms with Gasteiger partial charge >= 0.3 is 0 Å². The van der Waals surface area contributed by atoms with Gasteiger partial charge in [-0.1, -0.05) is 12.0 Å². The van der Waals surface area contributed by atoms with Crippen molar-refractivity contribution < 1.29 is 4.74 Å². The molecule has 0 saturated carbocycles. The smallest absolute Gasteiger partial charge is 0.149 e. The molecule has 0 bridgehead atoms. The second-order valence-electron chi connectivity index (χ2n) is 2.04. The molecule has 0 atom stereocenters. The summed E-state index contributed by atoms with van der Waals surface area (Å²) in [6.45, 7) is 0.279. The van der Waals surface area contributed by atoms with E-state index in [1.807, 2.05) is 18.2 Å². The lowest BCUT2D eigenvalue weighted by atomic mass is 10.3. The maximum Gasteiger partial charge on any atom is 0.149 e. The first-order chi connectivity index (χ1) is 5.75. The number of benzene rings is 1. The van der Waals surface area contributed by atoms with E-state index in [1.54, 1.807) is 0 Å². The van der Waals surface area contributed by atoms with Crippen molar-refractivity contribution in [3.05, 3.63) is 27.1 Å². The molecule has 1 nitrogen and oxygen atoms in total. The number of ether oxygens (including phenoxy) is 1. The molecule has 0 saturated heterocycles. The van der Waals surface area contributed by atoms with Gasteiger partial charge in [0.15, 0.2) is 0 Å². The fourth-order valence-corrected chi connectivity index (χ4v) is 1.96. The minimum Gasteiger partial charge on any atom is -0.479 e. The van der Waals surface area contributed by atoms with Crippen LogP contribution >= 0.6 is 31.9 Å². The molecular weight excluding hydrogens is 284 g/mol. The topological polar surface area (TPSA) is 9.23 Å². The maximum atomic E-state index is 5.29. The highest BCUT2D eigenvalue weighted by Gasteiger charge is 2.03. The monoisotopic (exact) mass is 288 g/mol. The van der Waals surface area contributed by atoms with E-state index in [2.05, 4.69) is 37.8 Å². The van der Waals surface area contributed by atoms with Crippen LogP contribution in [-0.2, 0) is 0 Å². The van der Waals surface area contributed by atoms with E-state index >= 15 is 0 Å². The number of rotatable bonds is 2. The van der Waals surface area contributed by atoms with Crippen molar-refractivity contribution in [3.63, 3.8) is 0 Å². The highest BCUT2D eigenvalue weighted by molar-refractivity contribution is 9.11. The van der Waals surface area contributed by atoms with Gasteiger partial charge in [0.1, 0.15) is 12.4 Å². The van der Waals surface area contributed by atoms with Crippen molar-refractivity contribution in [1.29, 1.82) is 0 Å². The zero-order valence-electron chi connectivity index (χ0n) is 6.18. The summed E-state index contributed by atoms with van der Waals surface area (Å²) >= 11 is 6.71. The molecule has 0 N–H and O–H groups in total. The number of hydrogen-bond acceptors (Lipinski definition) is 1. The molecule has 0 heterocycles. The van der Waals surface area contributed by atoms with E-state index in [0.717, 1.165) is 14.7 Å². The fraction of sp³-hybridized carbons (Fsp3) is 0.111. The SMILES string of the molecule is C#CCOc1c(Br)cccc1Br. The Balaban J connectivity index is 2.90. The van der Waals surface area contributed by atoms with Gasteiger partial charge in [0, 0.05) is 0 Å². The molecular formula is C9H6Br2O. The summed E-state index contributed by atoms with van der Waals surface area (Å²) in [5, 5.41) is 0. The van der Waals surface area contributed by atoms with E-state index in [0.29, 0.717) is 0 Å². The van der Waals surface area contributed by atoms with Gasteiger partial charge in [-0.15, -0.1) is 6.42 Å². The van der Waals surface area contributed by atoms with E-state index in [9.17, 15) is 0 Å². The fourth-order valence-electron chi connectivity index (χ4n) is 0.734. The van der Waals surface area contributed by atoms with Gasteiger partial charge in [-0.05, 0) is 44.0 Å². The van der Waals surface area contributed by atoms with Crippen LogP contribution in [0, 0.1) is 12.3 Å². The van der Waals surface area contributed by atoms with Crippen molar-refractivity contribution in [1.82, 2.24) is 0 Å². The Morgan fingerprint density at radius 1 is 1.33 bits per heavy atom. The number of terminal acetylenes is 1. The lowest BCUT2D eigenvalue weighted by Gasteiger charge is -2.06. The normalized spacial score (nSPS) is 9.08. The predicted octanol–water partition coefficient (Wildman–Crippen LogP) is 3.22. The molecule has 0 aliphatic rings. The van der Waals surface area contributed by atoms with Gasteiger partial charge in [-0.25, -0.2) is 0 Å². The van der Waals surface area contributed by atoms with Crippen molar-refractivity contribution in [3.8, 4) is 18.1 Å². The Morgan fingerprint density at radius 2 is 1.92 bits per heavy atom. The average molecular weight is 290 g/mol. The molecule has 0 unspecified atom stereocenters. The second-order valence-corrected chi connectivity index (χ2v) is 3.75. The quantitative estimate of drug-likeness (QED) is 0.760. The summed E-state index contributed by atoms with van der Waals surface area (Å²) in [6, 6.07) is 5.71. The van der Waals surface area contributed by atoms with Crippen molar-refractivity contribution in [2.24, 2.45) is 0 Å². The van der Waals surface area contributed by atoms with Crippen LogP contribution < -0.4 is 4.74 Å². The van der Waals surface area contributed by atoms with Crippen LogP contribution in [0.5, 0.6) is 5.75 Å². The third kappa shape index (κ3) is 2.26. The number of halogens is 2. The summed E-state index contributed by atoms with van der Waals surface area (Å²) in [5.74, 6) is 3.15. The zero-order chi connectivity index (χ0) is 8.97. The molecule has 1 aromatic carbocycles. The summed E-state index contributed by atoms with van der Waals surface area (Å²) < 4.78 is 7.08. The first-order valence-electron chi connectivity index (χ1n) is 3.26. The van der Waals surface area contributed by atoms with Crippen LogP contribution in [0.15, 0.2) is 27.1 Å². The Hall–Kier alpha value is -0.460. The number of hydrogen-bond donors (Lipinski definition) is 0. The molecule has 0 spiro atoms. The van der Waals surface area contributed by atoms with Crippen LogP contribution in [0.4, 0.5) is 0 Å². The van der Waals surface area contributed by atoms with Gasteiger partial charge in [0.2, 0.25) is 0 Å². The molecule has 1 rings (SSSR count). The first kappa shape index (κ1) is 9.63. The Bertz CT molecular complexity index is 295. The molecule has 12 heavy (non-hydrogen) atoms. The zero-order valence-corrected chi connectivity index (χ0v) is 9.35. The molecule has 0 aliphatic carbocycles. The van der Waals surface area contributed by atoms with Gasteiger partial charge in [-0.2, -0.15) is 0 Å². The summed E-state index contributed by atoms with van der Waals surface area (Å²) in [5.41, 5.74) is 0. The lowest BCUT2D eigenvalue weighted by molar-refractivity contribution is 0.365. The minimum absolute atomic E-state index is 0.279. The molecule has 0 amide bonds.